The van der Waals surface area contributed by atoms with Gasteiger partial charge in [-0.25, -0.2) is 4.98 Å². The van der Waals surface area contributed by atoms with Crippen molar-refractivity contribution in [2.45, 2.75) is 37.5 Å². The van der Waals surface area contributed by atoms with Crippen molar-refractivity contribution in [1.82, 2.24) is 9.97 Å². The van der Waals surface area contributed by atoms with Crippen molar-refractivity contribution in [3.63, 3.8) is 0 Å². The molecule has 0 aliphatic rings. The van der Waals surface area contributed by atoms with Crippen molar-refractivity contribution in [3.05, 3.63) is 41.9 Å². The summed E-state index contributed by atoms with van der Waals surface area (Å²) in [5.41, 5.74) is 3.54. The van der Waals surface area contributed by atoms with Gasteiger partial charge in [0.1, 0.15) is 11.1 Å². The molecule has 2 aromatic rings. The molecule has 0 saturated heterocycles. The molecule has 102 valence electrons. The first-order chi connectivity index (χ1) is 9.65. The summed E-state index contributed by atoms with van der Waals surface area (Å²) in [6, 6.07) is 8.13. The zero-order chi connectivity index (χ0) is 14.5. The number of rotatable bonds is 4. The molecule has 2 rings (SSSR count). The van der Waals surface area contributed by atoms with Crippen LogP contribution in [0.3, 0.4) is 0 Å². The van der Waals surface area contributed by atoms with Crippen molar-refractivity contribution in [3.8, 4) is 17.2 Å². The van der Waals surface area contributed by atoms with Gasteiger partial charge in [0.25, 0.3) is 0 Å². The highest BCUT2D eigenvalue weighted by atomic mass is 32.2. The minimum absolute atomic E-state index is 0.446. The monoisotopic (exact) mass is 283 g/mol. The molecule has 0 saturated carbocycles. The third-order valence-electron chi connectivity index (χ3n) is 3.11. The molecular formula is C16H17N3S. The Bertz CT molecular complexity index is 632. The van der Waals surface area contributed by atoms with Crippen molar-refractivity contribution in [1.29, 1.82) is 5.26 Å². The average Bonchev–Trinajstić information content (AvgIpc) is 2.47. The Hall–Kier alpha value is -1.86. The molecule has 0 bridgehead atoms. The zero-order valence-electron chi connectivity index (χ0n) is 11.9. The number of nitriles is 1. The predicted octanol–water partition coefficient (Wildman–Crippen LogP) is 4.21. The zero-order valence-corrected chi connectivity index (χ0v) is 12.7. The van der Waals surface area contributed by atoms with Gasteiger partial charge < -0.3 is 0 Å². The fraction of sp³-hybridized carbons (Fsp3) is 0.312. The van der Waals surface area contributed by atoms with Gasteiger partial charge in [0.15, 0.2) is 0 Å². The lowest BCUT2D eigenvalue weighted by molar-refractivity contribution is 0.898. The highest BCUT2D eigenvalue weighted by Crippen LogP contribution is 2.33. The summed E-state index contributed by atoms with van der Waals surface area (Å²) in [6.07, 6.45) is 4.54. The molecule has 0 aromatic carbocycles. The minimum Gasteiger partial charge on any atom is -0.265 e. The molecule has 2 heterocycles. The van der Waals surface area contributed by atoms with Gasteiger partial charge in [-0.05, 0) is 37.1 Å². The molecule has 0 aliphatic heterocycles. The molecule has 3 nitrogen and oxygen atoms in total. The largest absolute Gasteiger partial charge is 0.265 e. The molecule has 0 radical (unpaired) electrons. The molecule has 0 amide bonds. The van der Waals surface area contributed by atoms with E-state index in [0.29, 0.717) is 10.8 Å². The smallest absolute Gasteiger partial charge is 0.115 e. The van der Waals surface area contributed by atoms with Gasteiger partial charge in [0.2, 0.25) is 0 Å². The van der Waals surface area contributed by atoms with Crippen LogP contribution in [0.15, 0.2) is 35.6 Å². The van der Waals surface area contributed by atoms with E-state index in [0.717, 1.165) is 28.3 Å². The third kappa shape index (κ3) is 3.17. The first-order valence-corrected chi connectivity index (χ1v) is 7.52. The number of hydrogen-bond acceptors (Lipinski definition) is 4. The van der Waals surface area contributed by atoms with Crippen LogP contribution in [-0.4, -0.2) is 15.2 Å². The Balaban J connectivity index is 2.55. The molecular weight excluding hydrogens is 266 g/mol. The Morgan fingerprint density at radius 1 is 1.35 bits per heavy atom. The van der Waals surface area contributed by atoms with Crippen molar-refractivity contribution in [2.24, 2.45) is 0 Å². The van der Waals surface area contributed by atoms with Crippen molar-refractivity contribution in [2.75, 3.05) is 0 Å². The van der Waals surface area contributed by atoms with Gasteiger partial charge >= 0.3 is 0 Å². The van der Waals surface area contributed by atoms with Gasteiger partial charge in [0, 0.05) is 28.9 Å². The average molecular weight is 283 g/mol. The lowest BCUT2D eigenvalue weighted by Crippen LogP contribution is -1.99. The maximum atomic E-state index is 9.52. The molecule has 4 heteroatoms. The number of thioether (sulfide) groups is 1. The number of nitrogens with zero attached hydrogens (tertiary/aromatic N) is 3. The van der Waals surface area contributed by atoms with Gasteiger partial charge in [0.05, 0.1) is 5.56 Å². The summed E-state index contributed by atoms with van der Waals surface area (Å²) in [5, 5.41) is 10.8. The van der Waals surface area contributed by atoms with Crippen LogP contribution in [0.2, 0.25) is 0 Å². The second-order valence-corrected chi connectivity index (χ2v) is 6.10. The summed E-state index contributed by atoms with van der Waals surface area (Å²) >= 11 is 1.67. The van der Waals surface area contributed by atoms with Crippen LogP contribution >= 0.6 is 11.8 Å². The van der Waals surface area contributed by atoms with Crippen LogP contribution in [0.4, 0.5) is 0 Å². The van der Waals surface area contributed by atoms with Crippen LogP contribution in [0.5, 0.6) is 0 Å². The van der Waals surface area contributed by atoms with E-state index in [1.807, 2.05) is 25.1 Å². The summed E-state index contributed by atoms with van der Waals surface area (Å²) in [5.74, 6) is 0. The van der Waals surface area contributed by atoms with E-state index < -0.39 is 0 Å². The van der Waals surface area contributed by atoms with E-state index in [1.165, 1.54) is 0 Å². The minimum atomic E-state index is 0.446. The van der Waals surface area contributed by atoms with Gasteiger partial charge in [-0.3, -0.25) is 4.98 Å². The number of aryl methyl sites for hydroxylation is 1. The Morgan fingerprint density at radius 3 is 2.65 bits per heavy atom. The third-order valence-corrected chi connectivity index (χ3v) is 4.36. The standard InChI is InChI=1S/C16H17N3S/c1-4-12(3)20-16-15(10-17)14(9-11(2)19-16)13-5-7-18-8-6-13/h5-9,12H,4H2,1-3H3. The topological polar surface area (TPSA) is 49.6 Å². The molecule has 20 heavy (non-hydrogen) atoms. The first-order valence-electron chi connectivity index (χ1n) is 6.64. The summed E-state index contributed by atoms with van der Waals surface area (Å²) < 4.78 is 0. The molecule has 1 unspecified atom stereocenters. The predicted molar refractivity (Wildman–Crippen MR) is 82.5 cm³/mol. The van der Waals surface area contributed by atoms with Crippen LogP contribution in [-0.2, 0) is 0 Å². The van der Waals surface area contributed by atoms with E-state index in [4.69, 9.17) is 0 Å². The fourth-order valence-corrected chi connectivity index (χ4v) is 2.89. The van der Waals surface area contributed by atoms with Crippen LogP contribution in [0.1, 0.15) is 31.5 Å². The second kappa shape index (κ2) is 6.53. The van der Waals surface area contributed by atoms with E-state index in [1.54, 1.807) is 24.2 Å². The van der Waals surface area contributed by atoms with Crippen molar-refractivity contribution >= 4 is 11.8 Å². The second-order valence-electron chi connectivity index (χ2n) is 4.68. The van der Waals surface area contributed by atoms with Crippen LogP contribution < -0.4 is 0 Å². The van der Waals surface area contributed by atoms with Gasteiger partial charge in [-0.2, -0.15) is 5.26 Å². The molecule has 0 fully saturated rings. The van der Waals surface area contributed by atoms with E-state index in [9.17, 15) is 5.26 Å². The lowest BCUT2D eigenvalue weighted by Gasteiger charge is -2.13. The van der Waals surface area contributed by atoms with E-state index in [2.05, 4.69) is 29.9 Å². The number of pyridine rings is 2. The van der Waals surface area contributed by atoms with E-state index >= 15 is 0 Å². The highest BCUT2D eigenvalue weighted by molar-refractivity contribution is 7.99. The van der Waals surface area contributed by atoms with Gasteiger partial charge in [-0.1, -0.05) is 13.8 Å². The van der Waals surface area contributed by atoms with Crippen molar-refractivity contribution < 1.29 is 0 Å². The molecule has 1 atom stereocenters. The quantitative estimate of drug-likeness (QED) is 0.788. The number of aromatic nitrogens is 2. The normalized spacial score (nSPS) is 11.9. The first kappa shape index (κ1) is 14.5. The van der Waals surface area contributed by atoms with E-state index in [-0.39, 0.29) is 0 Å². The van der Waals surface area contributed by atoms with Crippen LogP contribution in [0, 0.1) is 18.3 Å². The lowest BCUT2D eigenvalue weighted by atomic mass is 10.0. The summed E-state index contributed by atoms with van der Waals surface area (Å²) in [6.45, 7) is 6.26. The van der Waals surface area contributed by atoms with Crippen LogP contribution in [0.25, 0.3) is 11.1 Å². The number of hydrogen-bond donors (Lipinski definition) is 0. The molecule has 0 aliphatic carbocycles. The fourth-order valence-electron chi connectivity index (χ4n) is 1.87. The summed E-state index contributed by atoms with van der Waals surface area (Å²) in [4.78, 5) is 8.57. The Labute approximate surface area is 124 Å². The SMILES string of the molecule is CCC(C)Sc1nc(C)cc(-c2ccncc2)c1C#N. The Kier molecular flexibility index (Phi) is 4.75. The molecule has 0 spiro atoms. The maximum Gasteiger partial charge on any atom is 0.115 e. The summed E-state index contributed by atoms with van der Waals surface area (Å²) in [7, 11) is 0. The Morgan fingerprint density at radius 2 is 2.05 bits per heavy atom. The highest BCUT2D eigenvalue weighted by Gasteiger charge is 2.15. The molecule has 2 aromatic heterocycles. The molecule has 0 N–H and O–H groups in total. The maximum absolute atomic E-state index is 9.52. The van der Waals surface area contributed by atoms with Gasteiger partial charge in [-0.15, -0.1) is 11.8 Å².